The second-order valence-electron chi connectivity index (χ2n) is 17.0. The summed E-state index contributed by atoms with van der Waals surface area (Å²) < 4.78 is 24.4. The van der Waals surface area contributed by atoms with Crippen LogP contribution < -0.4 is 19.6 Å². The third-order valence-electron chi connectivity index (χ3n) is 13.1. The van der Waals surface area contributed by atoms with Gasteiger partial charge in [0.05, 0.1) is 70.6 Å². The molecule has 0 saturated heterocycles. The quantitative estimate of drug-likeness (QED) is 0.112. The molecule has 0 amide bonds. The van der Waals surface area contributed by atoms with Gasteiger partial charge in [-0.2, -0.15) is 0 Å². The van der Waals surface area contributed by atoms with Gasteiger partial charge in [0.2, 0.25) is 0 Å². The molecule has 0 aliphatic carbocycles. The number of para-hydroxylation sites is 4. The zero-order valence-electron chi connectivity index (χ0n) is 38.1. The highest BCUT2D eigenvalue weighted by molar-refractivity contribution is 6.33. The van der Waals surface area contributed by atoms with Gasteiger partial charge in [-0.05, 0) is 88.4 Å². The molecule has 8 heteroatoms. The molecule has 8 nitrogen and oxygen atoms in total. The lowest BCUT2D eigenvalue weighted by Gasteiger charge is -2.34. The molecule has 0 atom stereocenters. The van der Waals surface area contributed by atoms with Crippen molar-refractivity contribution in [3.05, 3.63) is 230 Å². The summed E-state index contributed by atoms with van der Waals surface area (Å²) in [4.78, 5) is 9.32. The summed E-state index contributed by atoms with van der Waals surface area (Å²) in [5, 5.41) is 6.50. The highest BCUT2D eigenvalue weighted by atomic mass is 16.3. The molecular weight excluding hydrogens is 841 g/mol. The summed E-state index contributed by atoms with van der Waals surface area (Å²) in [6.07, 6.45) is 7.08. The monoisotopic (exact) mass is 886 g/mol. The fraction of sp³-hybridized carbons (Fsp3) is 0.0667. The van der Waals surface area contributed by atoms with Crippen molar-refractivity contribution in [3.8, 4) is 0 Å². The Morgan fingerprint density at radius 3 is 0.662 bits per heavy atom. The van der Waals surface area contributed by atoms with E-state index < -0.39 is 0 Å². The third-order valence-corrected chi connectivity index (χ3v) is 13.1. The Balaban J connectivity index is 1.29. The summed E-state index contributed by atoms with van der Waals surface area (Å²) in [5.41, 5.74) is 11.7. The van der Waals surface area contributed by atoms with Crippen molar-refractivity contribution in [2.75, 3.05) is 19.6 Å². The molecule has 330 valence electrons. The zero-order valence-corrected chi connectivity index (χ0v) is 38.1. The van der Waals surface area contributed by atoms with Crippen LogP contribution in [0.1, 0.15) is 23.0 Å². The topological polar surface area (TPSA) is 65.5 Å². The van der Waals surface area contributed by atoms with Crippen LogP contribution in [0.4, 0.5) is 68.2 Å². The van der Waals surface area contributed by atoms with E-state index in [-0.39, 0.29) is 0 Å². The summed E-state index contributed by atoms with van der Waals surface area (Å²) >= 11 is 0. The van der Waals surface area contributed by atoms with Crippen molar-refractivity contribution in [1.29, 1.82) is 0 Å². The number of aryl methyl sites for hydroxylation is 4. The van der Waals surface area contributed by atoms with E-state index >= 15 is 0 Å². The first-order valence-corrected chi connectivity index (χ1v) is 22.8. The number of furan rings is 4. The highest BCUT2D eigenvalue weighted by Gasteiger charge is 2.31. The molecule has 0 spiro atoms. The van der Waals surface area contributed by atoms with Gasteiger partial charge in [-0.3, -0.25) is 0 Å². The van der Waals surface area contributed by atoms with Crippen LogP contribution in [0.25, 0.3) is 32.3 Å². The van der Waals surface area contributed by atoms with Gasteiger partial charge in [-0.15, -0.1) is 0 Å². The summed E-state index contributed by atoms with van der Waals surface area (Å²) in [6.45, 7) is 8.10. The molecule has 0 saturated carbocycles. The van der Waals surface area contributed by atoms with Gasteiger partial charge in [0.15, 0.2) is 0 Å². The van der Waals surface area contributed by atoms with E-state index in [1.807, 2.05) is 27.7 Å². The van der Waals surface area contributed by atoms with Crippen LogP contribution >= 0.6 is 0 Å². The molecular formula is C60H46N4O4. The number of hydrogen-bond donors (Lipinski definition) is 0. The van der Waals surface area contributed by atoms with Crippen LogP contribution in [0, 0.1) is 27.7 Å². The molecule has 0 N–H and O–H groups in total. The third kappa shape index (κ3) is 6.60. The smallest absolute Gasteiger partial charge is 0.124 e. The van der Waals surface area contributed by atoms with E-state index in [0.717, 1.165) is 124 Å². The van der Waals surface area contributed by atoms with Gasteiger partial charge in [0, 0.05) is 79.3 Å². The molecule has 12 rings (SSSR count). The van der Waals surface area contributed by atoms with Gasteiger partial charge in [-0.25, -0.2) is 0 Å². The van der Waals surface area contributed by atoms with Crippen molar-refractivity contribution in [2.24, 2.45) is 0 Å². The predicted octanol–water partition coefficient (Wildman–Crippen LogP) is 18.1. The van der Waals surface area contributed by atoms with Crippen LogP contribution in [0.2, 0.25) is 0 Å². The maximum absolute atomic E-state index is 6.10. The molecule has 4 aromatic heterocycles. The molecule has 0 unspecified atom stereocenters. The van der Waals surface area contributed by atoms with E-state index in [2.05, 4.69) is 202 Å². The SMILES string of the molecule is Cc1occc1N(c1ccccc1)c1cc(N(c2ccccc2)c2ccoc2C)c2ccc3c(N(c4ccccc4)c4ccoc4C)cc(N(c4ccccc4)c4ccoc4C)c4ccc1c2c43. The lowest BCUT2D eigenvalue weighted by atomic mass is 9.89. The fourth-order valence-electron chi connectivity index (χ4n) is 10.0. The van der Waals surface area contributed by atoms with Crippen LogP contribution in [-0.4, -0.2) is 0 Å². The van der Waals surface area contributed by atoms with Crippen LogP contribution in [0.3, 0.4) is 0 Å². The molecule has 0 aliphatic heterocycles. The van der Waals surface area contributed by atoms with Gasteiger partial charge in [0.1, 0.15) is 23.0 Å². The van der Waals surface area contributed by atoms with Crippen LogP contribution in [0.5, 0.6) is 0 Å². The molecule has 0 fully saturated rings. The normalized spacial score (nSPS) is 11.5. The number of anilines is 12. The summed E-state index contributed by atoms with van der Waals surface area (Å²) in [7, 11) is 0. The average Bonchev–Trinajstić information content (AvgIpc) is 4.21. The second-order valence-corrected chi connectivity index (χ2v) is 17.0. The van der Waals surface area contributed by atoms with Gasteiger partial charge < -0.3 is 37.3 Å². The Labute approximate surface area is 394 Å². The minimum atomic E-state index is 0.805. The van der Waals surface area contributed by atoms with Crippen LogP contribution in [0.15, 0.2) is 225 Å². The van der Waals surface area contributed by atoms with E-state index in [4.69, 9.17) is 17.7 Å². The van der Waals surface area contributed by atoms with Gasteiger partial charge in [-0.1, -0.05) is 97.1 Å². The van der Waals surface area contributed by atoms with Crippen molar-refractivity contribution in [2.45, 2.75) is 27.7 Å². The number of benzene rings is 8. The Bertz CT molecular complexity index is 3220. The molecule has 0 radical (unpaired) electrons. The number of rotatable bonds is 12. The predicted molar refractivity (Wildman–Crippen MR) is 277 cm³/mol. The second kappa shape index (κ2) is 16.5. The minimum Gasteiger partial charge on any atom is -0.467 e. The average molecular weight is 887 g/mol. The Morgan fingerprint density at radius 2 is 0.471 bits per heavy atom. The maximum Gasteiger partial charge on any atom is 0.124 e. The Kier molecular flexibility index (Phi) is 9.87. The lowest BCUT2D eigenvalue weighted by Crippen LogP contribution is -2.16. The van der Waals surface area contributed by atoms with Gasteiger partial charge in [0.25, 0.3) is 0 Å². The van der Waals surface area contributed by atoms with Crippen molar-refractivity contribution in [1.82, 2.24) is 0 Å². The molecule has 0 bridgehead atoms. The van der Waals surface area contributed by atoms with Crippen molar-refractivity contribution in [3.63, 3.8) is 0 Å². The van der Waals surface area contributed by atoms with E-state index in [1.165, 1.54) is 0 Å². The van der Waals surface area contributed by atoms with Crippen molar-refractivity contribution < 1.29 is 17.7 Å². The number of nitrogens with zero attached hydrogens (tertiary/aromatic N) is 4. The molecule has 8 aromatic carbocycles. The first kappa shape index (κ1) is 40.6. The van der Waals surface area contributed by atoms with E-state index in [1.54, 1.807) is 25.1 Å². The van der Waals surface area contributed by atoms with Crippen LogP contribution in [-0.2, 0) is 0 Å². The highest BCUT2D eigenvalue weighted by Crippen LogP contribution is 2.55. The standard InChI is InChI=1S/C60H46N4O4/c1-39-51(29-33-65-39)61(43-17-9-5-10-18-43)55-37-56(62(44-19-11-6-12-20-44)52-30-34-66-40(52)2)48-27-28-50-58(64(46-23-15-8-16-24-46)54-32-36-68-42(54)4)38-57(49-26-25-47(55)59(48)60(49)50)63(45-21-13-7-14-22-45)53-31-35-67-41(53)3/h5-38H,1-4H3. The minimum absolute atomic E-state index is 0.805. The Morgan fingerprint density at radius 1 is 0.250 bits per heavy atom. The lowest BCUT2D eigenvalue weighted by molar-refractivity contribution is 0.534. The largest absolute Gasteiger partial charge is 0.467 e. The number of hydrogen-bond acceptors (Lipinski definition) is 8. The Hall–Kier alpha value is -8.88. The van der Waals surface area contributed by atoms with Crippen molar-refractivity contribution >= 4 is 101 Å². The maximum atomic E-state index is 6.10. The fourth-order valence-corrected chi connectivity index (χ4v) is 10.0. The summed E-state index contributed by atoms with van der Waals surface area (Å²) in [5.74, 6) is 3.22. The molecule has 12 aromatic rings. The molecule has 68 heavy (non-hydrogen) atoms. The molecule has 4 heterocycles. The van der Waals surface area contributed by atoms with E-state index in [0.29, 0.717) is 0 Å². The zero-order chi connectivity index (χ0) is 45.9. The van der Waals surface area contributed by atoms with E-state index in [9.17, 15) is 0 Å². The summed E-state index contributed by atoms with van der Waals surface area (Å²) in [6, 6.07) is 64.3. The first-order chi connectivity index (χ1) is 33.4. The molecule has 0 aliphatic rings. The van der Waals surface area contributed by atoms with Gasteiger partial charge >= 0.3 is 0 Å². The first-order valence-electron chi connectivity index (χ1n) is 22.8.